The van der Waals surface area contributed by atoms with Crippen molar-refractivity contribution in [1.29, 1.82) is 5.41 Å². The highest BCUT2D eigenvalue weighted by atomic mass is 14.9. The van der Waals surface area contributed by atoms with Gasteiger partial charge in [0.25, 0.3) is 0 Å². The van der Waals surface area contributed by atoms with Crippen LogP contribution in [0.5, 0.6) is 0 Å². The van der Waals surface area contributed by atoms with Crippen molar-refractivity contribution in [3.05, 3.63) is 95.7 Å². The minimum absolute atomic E-state index is 0.0140. The zero-order valence-corrected chi connectivity index (χ0v) is 18.5. The number of nitrogens with two attached hydrogens (primary N) is 1. The molecule has 160 valence electrons. The van der Waals surface area contributed by atoms with Crippen LogP contribution in [0.4, 0.5) is 11.4 Å². The molecule has 3 rings (SSSR count). The van der Waals surface area contributed by atoms with E-state index in [2.05, 4.69) is 29.1 Å². The summed E-state index contributed by atoms with van der Waals surface area (Å²) in [4.78, 5) is 0. The maximum absolute atomic E-state index is 8.90. The Hall–Kier alpha value is -3.73. The molecule has 1 atom stereocenters. The van der Waals surface area contributed by atoms with Gasteiger partial charge in [-0.05, 0) is 54.8 Å². The summed E-state index contributed by atoms with van der Waals surface area (Å²) in [7, 11) is 3.73. The maximum Gasteiger partial charge on any atom is 0.0481 e. The summed E-state index contributed by atoms with van der Waals surface area (Å²) in [5, 5.41) is 18.6. The predicted molar refractivity (Wildman–Crippen MR) is 134 cm³/mol. The first-order valence-electron chi connectivity index (χ1n) is 10.3. The molecule has 2 aromatic carbocycles. The van der Waals surface area contributed by atoms with E-state index < -0.39 is 0 Å². The van der Waals surface area contributed by atoms with Crippen molar-refractivity contribution in [2.75, 3.05) is 24.7 Å². The predicted octanol–water partition coefficient (Wildman–Crippen LogP) is 5.18. The van der Waals surface area contributed by atoms with Crippen molar-refractivity contribution >= 4 is 28.5 Å². The molecular weight excluding hydrogens is 382 g/mol. The van der Waals surface area contributed by atoms with Crippen LogP contribution >= 0.6 is 0 Å². The van der Waals surface area contributed by atoms with Gasteiger partial charge in [0.2, 0.25) is 0 Å². The molecule has 1 unspecified atom stereocenters. The van der Waals surface area contributed by atoms with E-state index in [1.807, 2.05) is 75.6 Å². The molecule has 0 aromatic heterocycles. The van der Waals surface area contributed by atoms with Crippen molar-refractivity contribution in [2.45, 2.75) is 13.3 Å². The fraction of sp³-hybridized carbons (Fsp3) is 0.192. The van der Waals surface area contributed by atoms with E-state index in [4.69, 9.17) is 11.1 Å². The van der Waals surface area contributed by atoms with E-state index >= 15 is 0 Å². The molecule has 0 spiro atoms. The Labute approximate surface area is 185 Å². The lowest BCUT2D eigenvalue weighted by Crippen LogP contribution is -2.20. The topological polar surface area (TPSA) is 86.0 Å². The Kier molecular flexibility index (Phi) is 6.65. The standard InChI is InChI=1S/C26H31N5/c1-16-13-21(27)10-11-23(16)26(28)24-15-20(9-12-25(24)30-5)18(3)31-22-8-6-7-19(14-22)17(2)29-4/h6-10,12-15,23,28-31H,2-3,11,27H2,1,4-5H3. The molecule has 5 nitrogen and oxygen atoms in total. The summed E-state index contributed by atoms with van der Waals surface area (Å²) >= 11 is 0. The van der Waals surface area contributed by atoms with Gasteiger partial charge in [0.1, 0.15) is 0 Å². The van der Waals surface area contributed by atoms with Gasteiger partial charge in [-0.25, -0.2) is 0 Å². The van der Waals surface area contributed by atoms with E-state index in [0.717, 1.165) is 57.2 Å². The molecule has 5 heteroatoms. The van der Waals surface area contributed by atoms with Crippen LogP contribution in [0, 0.1) is 11.3 Å². The quantitative estimate of drug-likeness (QED) is 0.386. The van der Waals surface area contributed by atoms with Crippen LogP contribution in [-0.2, 0) is 0 Å². The number of benzene rings is 2. The van der Waals surface area contributed by atoms with Gasteiger partial charge in [-0.2, -0.15) is 0 Å². The molecule has 2 aromatic rings. The molecule has 31 heavy (non-hydrogen) atoms. The Bertz CT molecular complexity index is 1090. The second-order valence-corrected chi connectivity index (χ2v) is 7.72. The van der Waals surface area contributed by atoms with Gasteiger partial charge in [-0.15, -0.1) is 0 Å². The minimum Gasteiger partial charge on any atom is -0.399 e. The fourth-order valence-electron chi connectivity index (χ4n) is 3.74. The highest BCUT2D eigenvalue weighted by Crippen LogP contribution is 2.30. The smallest absolute Gasteiger partial charge is 0.0481 e. The normalized spacial score (nSPS) is 15.4. The number of hydrogen-bond donors (Lipinski definition) is 5. The molecule has 0 amide bonds. The zero-order chi connectivity index (χ0) is 22.5. The fourth-order valence-corrected chi connectivity index (χ4v) is 3.74. The van der Waals surface area contributed by atoms with Crippen molar-refractivity contribution < 1.29 is 0 Å². The summed E-state index contributed by atoms with van der Waals surface area (Å²) in [5.74, 6) is 0.0140. The summed E-state index contributed by atoms with van der Waals surface area (Å²) in [6.07, 6.45) is 4.68. The SMILES string of the molecule is C=C(NC)c1cccc(NC(=C)c2ccc(NC)c(C(=N)C3CC=C(N)C=C3C)c2)c1. The molecule has 0 saturated heterocycles. The van der Waals surface area contributed by atoms with Crippen LogP contribution in [0.2, 0.25) is 0 Å². The van der Waals surface area contributed by atoms with Crippen LogP contribution in [0.25, 0.3) is 11.4 Å². The first-order valence-corrected chi connectivity index (χ1v) is 10.3. The lowest BCUT2D eigenvalue weighted by molar-refractivity contribution is 0.793. The van der Waals surface area contributed by atoms with Gasteiger partial charge < -0.3 is 27.1 Å². The van der Waals surface area contributed by atoms with Crippen LogP contribution < -0.4 is 21.7 Å². The Morgan fingerprint density at radius 1 is 1.06 bits per heavy atom. The van der Waals surface area contributed by atoms with Gasteiger partial charge >= 0.3 is 0 Å². The third-order valence-corrected chi connectivity index (χ3v) is 5.62. The first-order chi connectivity index (χ1) is 14.8. The number of allylic oxidation sites excluding steroid dienone is 3. The zero-order valence-electron chi connectivity index (χ0n) is 18.5. The number of nitrogens with one attached hydrogen (secondary N) is 4. The monoisotopic (exact) mass is 413 g/mol. The van der Waals surface area contributed by atoms with Crippen LogP contribution in [0.3, 0.4) is 0 Å². The van der Waals surface area contributed by atoms with Gasteiger partial charge in [0, 0.05) is 59.8 Å². The average molecular weight is 414 g/mol. The van der Waals surface area contributed by atoms with E-state index in [0.29, 0.717) is 5.71 Å². The molecule has 0 radical (unpaired) electrons. The van der Waals surface area contributed by atoms with Gasteiger partial charge in [0.15, 0.2) is 0 Å². The highest BCUT2D eigenvalue weighted by Gasteiger charge is 2.22. The highest BCUT2D eigenvalue weighted by molar-refractivity contribution is 6.06. The molecule has 0 fully saturated rings. The van der Waals surface area contributed by atoms with Crippen LogP contribution in [0.1, 0.15) is 30.0 Å². The van der Waals surface area contributed by atoms with Crippen molar-refractivity contribution in [1.82, 2.24) is 5.32 Å². The third kappa shape index (κ3) is 4.89. The first kappa shape index (κ1) is 22.0. The van der Waals surface area contributed by atoms with Crippen molar-refractivity contribution in [3.8, 4) is 0 Å². The summed E-state index contributed by atoms with van der Waals surface area (Å²) in [5.41, 5.74) is 14.7. The Morgan fingerprint density at radius 3 is 2.48 bits per heavy atom. The molecule has 0 bridgehead atoms. The van der Waals surface area contributed by atoms with E-state index in [1.165, 1.54) is 0 Å². The molecule has 0 aliphatic heterocycles. The van der Waals surface area contributed by atoms with Crippen LogP contribution in [0.15, 0.2) is 79.0 Å². The van der Waals surface area contributed by atoms with Gasteiger partial charge in [-0.3, -0.25) is 0 Å². The molecular formula is C26H31N5. The number of hydrogen-bond acceptors (Lipinski definition) is 5. The summed E-state index contributed by atoms with van der Waals surface area (Å²) in [6.45, 7) is 10.3. The van der Waals surface area contributed by atoms with E-state index in [-0.39, 0.29) is 5.92 Å². The van der Waals surface area contributed by atoms with Gasteiger partial charge in [-0.1, -0.05) is 43.0 Å². The largest absolute Gasteiger partial charge is 0.399 e. The molecule has 0 heterocycles. The summed E-state index contributed by atoms with van der Waals surface area (Å²) < 4.78 is 0. The lowest BCUT2D eigenvalue weighted by atomic mass is 9.83. The molecule has 1 aliphatic rings. The Balaban J connectivity index is 1.86. The second kappa shape index (κ2) is 9.39. The molecule has 6 N–H and O–H groups in total. The molecule has 0 saturated carbocycles. The van der Waals surface area contributed by atoms with Crippen molar-refractivity contribution in [3.63, 3.8) is 0 Å². The van der Waals surface area contributed by atoms with E-state index in [9.17, 15) is 0 Å². The van der Waals surface area contributed by atoms with Crippen LogP contribution in [-0.4, -0.2) is 19.8 Å². The number of anilines is 2. The Morgan fingerprint density at radius 2 is 1.81 bits per heavy atom. The van der Waals surface area contributed by atoms with Gasteiger partial charge in [0.05, 0.1) is 0 Å². The maximum atomic E-state index is 8.90. The minimum atomic E-state index is 0.0140. The second-order valence-electron chi connectivity index (χ2n) is 7.72. The van der Waals surface area contributed by atoms with E-state index in [1.54, 1.807) is 0 Å². The average Bonchev–Trinajstić information content (AvgIpc) is 2.77. The van der Waals surface area contributed by atoms with Crippen molar-refractivity contribution in [2.24, 2.45) is 11.7 Å². The summed E-state index contributed by atoms with van der Waals surface area (Å²) in [6, 6.07) is 14.0. The molecule has 1 aliphatic carbocycles. The lowest BCUT2D eigenvalue weighted by Gasteiger charge is -2.23. The third-order valence-electron chi connectivity index (χ3n) is 5.62. The number of rotatable bonds is 8.